The first-order valence-corrected chi connectivity index (χ1v) is 7.67. The summed E-state index contributed by atoms with van der Waals surface area (Å²) in [5.74, 6) is -0.684. The first kappa shape index (κ1) is 15.4. The first-order valence-electron chi connectivity index (χ1n) is 7.67. The van der Waals surface area contributed by atoms with Crippen LogP contribution in [0, 0.1) is 0 Å². The molecule has 120 valence electrons. The van der Waals surface area contributed by atoms with Gasteiger partial charge in [0.25, 0.3) is 5.91 Å². The van der Waals surface area contributed by atoms with Crippen LogP contribution >= 0.6 is 0 Å². The summed E-state index contributed by atoms with van der Waals surface area (Å²) in [6.45, 7) is 6.22. The van der Waals surface area contributed by atoms with Crippen molar-refractivity contribution in [3.8, 4) is 0 Å². The predicted molar refractivity (Wildman–Crippen MR) is 80.3 cm³/mol. The number of amides is 1. The molecular formula is C16H22N2O4. The molecule has 3 atom stereocenters. The van der Waals surface area contributed by atoms with Gasteiger partial charge in [0, 0.05) is 0 Å². The number of ether oxygens (including phenoxy) is 3. The van der Waals surface area contributed by atoms with Crippen LogP contribution in [0.2, 0.25) is 0 Å². The van der Waals surface area contributed by atoms with Crippen LogP contribution in [-0.4, -0.2) is 35.5 Å². The van der Waals surface area contributed by atoms with Gasteiger partial charge in [0.15, 0.2) is 5.79 Å². The Morgan fingerprint density at radius 3 is 2.73 bits per heavy atom. The molecule has 22 heavy (non-hydrogen) atoms. The molecule has 2 saturated heterocycles. The number of anilines is 1. The van der Waals surface area contributed by atoms with Gasteiger partial charge in [-0.05, 0) is 45.7 Å². The molecule has 2 fully saturated rings. The second-order valence-corrected chi connectivity index (χ2v) is 6.29. The maximum absolute atomic E-state index is 12.1. The van der Waals surface area contributed by atoms with E-state index in [1.54, 1.807) is 6.20 Å². The molecule has 1 N–H and O–H groups in total. The Morgan fingerprint density at radius 1 is 1.36 bits per heavy atom. The Labute approximate surface area is 130 Å². The van der Waals surface area contributed by atoms with E-state index in [0.717, 1.165) is 18.5 Å². The first-order chi connectivity index (χ1) is 10.4. The Hall–Kier alpha value is -1.50. The van der Waals surface area contributed by atoms with Crippen LogP contribution in [0.5, 0.6) is 0 Å². The van der Waals surface area contributed by atoms with Crippen LogP contribution in [0.3, 0.4) is 0 Å². The van der Waals surface area contributed by atoms with Crippen molar-refractivity contribution in [1.29, 1.82) is 0 Å². The third kappa shape index (κ3) is 3.45. The number of aromatic nitrogens is 1. The van der Waals surface area contributed by atoms with E-state index in [-0.39, 0.29) is 24.2 Å². The van der Waals surface area contributed by atoms with Crippen molar-refractivity contribution in [1.82, 2.24) is 4.98 Å². The summed E-state index contributed by atoms with van der Waals surface area (Å²) >= 11 is 0. The van der Waals surface area contributed by atoms with Crippen LogP contribution in [0.25, 0.3) is 0 Å². The van der Waals surface area contributed by atoms with Gasteiger partial charge in [0.1, 0.15) is 12.2 Å². The van der Waals surface area contributed by atoms with Crippen molar-refractivity contribution >= 4 is 11.6 Å². The van der Waals surface area contributed by atoms with Crippen LogP contribution in [0.15, 0.2) is 18.3 Å². The number of pyridine rings is 1. The van der Waals surface area contributed by atoms with E-state index in [1.807, 2.05) is 32.9 Å². The van der Waals surface area contributed by atoms with Gasteiger partial charge in [-0.3, -0.25) is 9.78 Å². The summed E-state index contributed by atoms with van der Waals surface area (Å²) in [6.07, 6.45) is 2.95. The normalized spacial score (nSPS) is 30.4. The summed E-state index contributed by atoms with van der Waals surface area (Å²) in [5, 5.41) is 2.84. The number of nitrogens with one attached hydrogen (secondary N) is 1. The van der Waals surface area contributed by atoms with Gasteiger partial charge in [-0.2, -0.15) is 0 Å². The van der Waals surface area contributed by atoms with Crippen LogP contribution < -0.4 is 5.32 Å². The largest absolute Gasteiger partial charge is 0.365 e. The van der Waals surface area contributed by atoms with Gasteiger partial charge < -0.3 is 19.5 Å². The molecule has 0 saturated carbocycles. The minimum atomic E-state index is -0.574. The molecule has 0 aromatic carbocycles. The molecule has 3 rings (SSSR count). The van der Waals surface area contributed by atoms with E-state index in [2.05, 4.69) is 10.3 Å². The summed E-state index contributed by atoms with van der Waals surface area (Å²) in [5.41, 5.74) is 1.46. The van der Waals surface area contributed by atoms with Gasteiger partial charge in [0.2, 0.25) is 0 Å². The molecule has 0 spiro atoms. The lowest BCUT2D eigenvalue weighted by Crippen LogP contribution is -2.27. The van der Waals surface area contributed by atoms with E-state index < -0.39 is 5.79 Å². The van der Waals surface area contributed by atoms with E-state index in [9.17, 15) is 4.79 Å². The Morgan fingerprint density at radius 2 is 2.18 bits per heavy atom. The van der Waals surface area contributed by atoms with Crippen LogP contribution in [-0.2, 0) is 19.0 Å². The van der Waals surface area contributed by atoms with Crippen molar-refractivity contribution in [2.24, 2.45) is 0 Å². The average Bonchev–Trinajstić information content (AvgIpc) is 3.05. The monoisotopic (exact) mass is 306 g/mol. The number of nitrogens with zero attached hydrogens (tertiary/aromatic N) is 1. The van der Waals surface area contributed by atoms with Crippen molar-refractivity contribution in [2.45, 2.75) is 57.7 Å². The fourth-order valence-electron chi connectivity index (χ4n) is 2.72. The number of hydrogen-bond acceptors (Lipinski definition) is 5. The smallest absolute Gasteiger partial charge is 0.253 e. The zero-order valence-corrected chi connectivity index (χ0v) is 13.2. The van der Waals surface area contributed by atoms with Crippen molar-refractivity contribution < 1.29 is 19.0 Å². The third-order valence-corrected chi connectivity index (χ3v) is 3.92. The second-order valence-electron chi connectivity index (χ2n) is 6.29. The number of carbonyl (C=O) groups is 1. The lowest BCUT2D eigenvalue weighted by Gasteiger charge is -2.17. The summed E-state index contributed by atoms with van der Waals surface area (Å²) in [4.78, 5) is 16.4. The third-order valence-electron chi connectivity index (χ3n) is 3.92. The Kier molecular flexibility index (Phi) is 4.16. The molecular weight excluding hydrogens is 284 g/mol. The minimum Gasteiger partial charge on any atom is -0.365 e. The van der Waals surface area contributed by atoms with Gasteiger partial charge in [-0.25, -0.2) is 0 Å². The lowest BCUT2D eigenvalue weighted by molar-refractivity contribution is -0.139. The second kappa shape index (κ2) is 5.95. The molecule has 1 aromatic heterocycles. The van der Waals surface area contributed by atoms with Gasteiger partial charge in [0.05, 0.1) is 30.3 Å². The fraction of sp³-hybridized carbons (Fsp3) is 0.625. The molecule has 2 aliphatic rings. The van der Waals surface area contributed by atoms with Crippen molar-refractivity contribution in [3.05, 3.63) is 24.0 Å². The Balaban J connectivity index is 1.59. The molecule has 0 aliphatic carbocycles. The minimum absolute atomic E-state index is 0.111. The van der Waals surface area contributed by atoms with Gasteiger partial charge in [-0.1, -0.05) is 0 Å². The number of rotatable bonds is 3. The maximum atomic E-state index is 12.1. The SMILES string of the molecule is CC1CC[C@H](C(=O)Nc2ccc(C3COC(C)(C)O3)nc2)O1. The van der Waals surface area contributed by atoms with E-state index >= 15 is 0 Å². The molecule has 6 heteroatoms. The topological polar surface area (TPSA) is 69.7 Å². The summed E-state index contributed by atoms with van der Waals surface area (Å²) < 4.78 is 16.8. The lowest BCUT2D eigenvalue weighted by atomic mass is 10.2. The summed E-state index contributed by atoms with van der Waals surface area (Å²) in [7, 11) is 0. The highest BCUT2D eigenvalue weighted by Crippen LogP contribution is 2.32. The number of carbonyl (C=O) groups excluding carboxylic acids is 1. The zero-order chi connectivity index (χ0) is 15.7. The highest BCUT2D eigenvalue weighted by molar-refractivity contribution is 5.94. The molecule has 0 radical (unpaired) electrons. The van der Waals surface area contributed by atoms with E-state index in [0.29, 0.717) is 12.3 Å². The Bertz CT molecular complexity index is 544. The van der Waals surface area contributed by atoms with Gasteiger partial charge >= 0.3 is 0 Å². The average molecular weight is 306 g/mol. The molecule has 2 unspecified atom stereocenters. The fourth-order valence-corrected chi connectivity index (χ4v) is 2.72. The van der Waals surface area contributed by atoms with Crippen molar-refractivity contribution in [3.63, 3.8) is 0 Å². The predicted octanol–water partition coefficient (Wildman–Crippen LogP) is 2.41. The zero-order valence-electron chi connectivity index (χ0n) is 13.2. The standard InChI is InChI=1S/C16H22N2O4/c1-10-4-7-13(21-10)15(19)18-11-5-6-12(17-8-11)14-9-20-16(2,3)22-14/h5-6,8,10,13-14H,4,7,9H2,1-3H3,(H,18,19)/t10?,13-,14?/m1/s1. The molecule has 1 aromatic rings. The van der Waals surface area contributed by atoms with Gasteiger partial charge in [-0.15, -0.1) is 0 Å². The quantitative estimate of drug-likeness (QED) is 0.928. The van der Waals surface area contributed by atoms with Crippen molar-refractivity contribution in [2.75, 3.05) is 11.9 Å². The molecule has 1 amide bonds. The molecule has 6 nitrogen and oxygen atoms in total. The molecule has 3 heterocycles. The van der Waals surface area contributed by atoms with E-state index in [1.165, 1.54) is 0 Å². The highest BCUT2D eigenvalue weighted by atomic mass is 16.7. The molecule has 2 aliphatic heterocycles. The van der Waals surface area contributed by atoms with Crippen LogP contribution in [0.1, 0.15) is 45.4 Å². The summed E-state index contributed by atoms with van der Waals surface area (Å²) in [6, 6.07) is 3.68. The van der Waals surface area contributed by atoms with E-state index in [4.69, 9.17) is 14.2 Å². The molecule has 0 bridgehead atoms. The number of hydrogen-bond donors (Lipinski definition) is 1. The van der Waals surface area contributed by atoms with Crippen LogP contribution in [0.4, 0.5) is 5.69 Å². The maximum Gasteiger partial charge on any atom is 0.253 e. The highest BCUT2D eigenvalue weighted by Gasteiger charge is 2.34.